The number of hydrogen-bond acceptors (Lipinski definition) is 4. The highest BCUT2D eigenvalue weighted by Crippen LogP contribution is 2.29. The van der Waals surface area contributed by atoms with Crippen molar-refractivity contribution in [3.05, 3.63) is 52.4 Å². The van der Waals surface area contributed by atoms with Crippen LogP contribution in [0.15, 0.2) is 41.3 Å². The average molecular weight is 274 g/mol. The lowest BCUT2D eigenvalue weighted by Gasteiger charge is -2.11. The van der Waals surface area contributed by atoms with Crippen LogP contribution >= 0.6 is 0 Å². The van der Waals surface area contributed by atoms with Crippen LogP contribution in [0.4, 0.5) is 5.69 Å². The predicted molar refractivity (Wildman–Crippen MR) is 74.6 cm³/mol. The molecule has 6 heteroatoms. The Morgan fingerprint density at radius 2 is 1.95 bits per heavy atom. The van der Waals surface area contributed by atoms with Gasteiger partial charge in [-0.1, -0.05) is 0 Å². The number of aromatic amines is 1. The van der Waals surface area contributed by atoms with Gasteiger partial charge in [0.25, 0.3) is 5.91 Å². The molecule has 0 aliphatic rings. The Bertz CT molecular complexity index is 659. The first-order chi connectivity index (χ1) is 9.63. The smallest absolute Gasteiger partial charge is 0.257 e. The van der Waals surface area contributed by atoms with Gasteiger partial charge in [0.1, 0.15) is 11.5 Å². The number of aromatic nitrogens is 1. The standard InChI is InChI=1S/C14H14N2O4/c1-19-10-4-5-12(20-2)11(7-10)16-14(18)9-3-6-13(17)15-8-9/h3-8H,1-2H3,(H,15,17)(H,16,18). The van der Waals surface area contributed by atoms with E-state index in [2.05, 4.69) is 10.3 Å². The van der Waals surface area contributed by atoms with E-state index in [-0.39, 0.29) is 11.5 Å². The lowest BCUT2D eigenvalue weighted by Crippen LogP contribution is -2.15. The normalized spacial score (nSPS) is 9.90. The minimum Gasteiger partial charge on any atom is -0.497 e. The van der Waals surface area contributed by atoms with Crippen LogP contribution in [-0.4, -0.2) is 25.1 Å². The number of carbonyl (C=O) groups excluding carboxylic acids is 1. The Kier molecular flexibility index (Phi) is 4.05. The molecule has 0 saturated carbocycles. The molecule has 20 heavy (non-hydrogen) atoms. The van der Waals surface area contributed by atoms with E-state index in [0.717, 1.165) is 0 Å². The number of carbonyl (C=O) groups is 1. The molecule has 0 fully saturated rings. The van der Waals surface area contributed by atoms with E-state index in [4.69, 9.17) is 9.47 Å². The Morgan fingerprint density at radius 1 is 1.15 bits per heavy atom. The molecule has 0 radical (unpaired) electrons. The van der Waals surface area contributed by atoms with E-state index in [1.807, 2.05) is 0 Å². The molecule has 1 amide bonds. The third kappa shape index (κ3) is 2.97. The summed E-state index contributed by atoms with van der Waals surface area (Å²) >= 11 is 0. The maximum absolute atomic E-state index is 12.1. The highest BCUT2D eigenvalue weighted by Gasteiger charge is 2.11. The molecule has 0 spiro atoms. The number of H-pyrrole nitrogens is 1. The molecule has 2 aromatic rings. The van der Waals surface area contributed by atoms with Crippen LogP contribution in [0.5, 0.6) is 11.5 Å². The molecule has 104 valence electrons. The molecule has 0 saturated heterocycles. The summed E-state index contributed by atoms with van der Waals surface area (Å²) in [5, 5.41) is 2.71. The Balaban J connectivity index is 2.26. The zero-order chi connectivity index (χ0) is 14.5. The summed E-state index contributed by atoms with van der Waals surface area (Å²) in [4.78, 5) is 25.5. The molecular formula is C14H14N2O4. The van der Waals surface area contributed by atoms with Crippen molar-refractivity contribution < 1.29 is 14.3 Å². The van der Waals surface area contributed by atoms with Gasteiger partial charge in [0, 0.05) is 18.3 Å². The minimum absolute atomic E-state index is 0.263. The number of anilines is 1. The van der Waals surface area contributed by atoms with Gasteiger partial charge in [-0.05, 0) is 18.2 Å². The third-order valence-corrected chi connectivity index (χ3v) is 2.70. The largest absolute Gasteiger partial charge is 0.497 e. The van der Waals surface area contributed by atoms with E-state index in [1.54, 1.807) is 18.2 Å². The predicted octanol–water partition coefficient (Wildman–Crippen LogP) is 1.64. The van der Waals surface area contributed by atoms with Gasteiger partial charge in [-0.3, -0.25) is 9.59 Å². The molecule has 0 unspecified atom stereocenters. The second kappa shape index (κ2) is 5.92. The second-order valence-corrected chi connectivity index (χ2v) is 3.96. The van der Waals surface area contributed by atoms with Gasteiger partial charge in [0.05, 0.1) is 25.5 Å². The first-order valence-electron chi connectivity index (χ1n) is 5.86. The van der Waals surface area contributed by atoms with Crippen LogP contribution in [0.3, 0.4) is 0 Å². The topological polar surface area (TPSA) is 80.4 Å². The fourth-order valence-corrected chi connectivity index (χ4v) is 1.66. The third-order valence-electron chi connectivity index (χ3n) is 2.70. The number of benzene rings is 1. The van der Waals surface area contributed by atoms with Crippen molar-refractivity contribution in [2.75, 3.05) is 19.5 Å². The van der Waals surface area contributed by atoms with E-state index in [1.165, 1.54) is 32.5 Å². The molecule has 2 rings (SSSR count). The summed E-state index contributed by atoms with van der Waals surface area (Å²) in [6, 6.07) is 7.82. The lowest BCUT2D eigenvalue weighted by atomic mass is 10.2. The molecule has 0 aliphatic carbocycles. The first-order valence-corrected chi connectivity index (χ1v) is 5.86. The summed E-state index contributed by atoms with van der Waals surface area (Å²) in [6.07, 6.45) is 1.35. The van der Waals surface area contributed by atoms with Crippen molar-refractivity contribution in [2.45, 2.75) is 0 Å². The zero-order valence-corrected chi connectivity index (χ0v) is 11.1. The summed E-state index contributed by atoms with van der Waals surface area (Å²) in [6.45, 7) is 0. The number of methoxy groups -OCH3 is 2. The van der Waals surface area contributed by atoms with Gasteiger partial charge < -0.3 is 19.8 Å². The van der Waals surface area contributed by atoms with Gasteiger partial charge >= 0.3 is 0 Å². The SMILES string of the molecule is COc1ccc(OC)c(NC(=O)c2ccc(=O)[nH]c2)c1. The molecule has 0 aliphatic heterocycles. The van der Waals surface area contributed by atoms with Crippen LogP contribution in [0.25, 0.3) is 0 Å². The van der Waals surface area contributed by atoms with Crippen LogP contribution < -0.4 is 20.3 Å². The Hall–Kier alpha value is -2.76. The van der Waals surface area contributed by atoms with Crippen LogP contribution in [0.2, 0.25) is 0 Å². The summed E-state index contributed by atoms with van der Waals surface area (Å²) in [7, 11) is 3.05. The van der Waals surface area contributed by atoms with Crippen molar-refractivity contribution in [3.63, 3.8) is 0 Å². The molecule has 0 bridgehead atoms. The van der Waals surface area contributed by atoms with Gasteiger partial charge in [0.15, 0.2) is 0 Å². The highest BCUT2D eigenvalue weighted by atomic mass is 16.5. The number of ether oxygens (including phenoxy) is 2. The average Bonchev–Trinajstić information content (AvgIpc) is 2.47. The molecular weight excluding hydrogens is 260 g/mol. The van der Waals surface area contributed by atoms with E-state index < -0.39 is 0 Å². The zero-order valence-electron chi connectivity index (χ0n) is 11.1. The molecule has 1 aromatic heterocycles. The van der Waals surface area contributed by atoms with Crippen molar-refractivity contribution in [2.24, 2.45) is 0 Å². The number of rotatable bonds is 4. The maximum atomic E-state index is 12.1. The number of nitrogens with one attached hydrogen (secondary N) is 2. The molecule has 2 N–H and O–H groups in total. The number of hydrogen-bond donors (Lipinski definition) is 2. The van der Waals surface area contributed by atoms with Gasteiger partial charge in [-0.2, -0.15) is 0 Å². The van der Waals surface area contributed by atoms with Crippen molar-refractivity contribution in [1.82, 2.24) is 4.98 Å². The van der Waals surface area contributed by atoms with E-state index >= 15 is 0 Å². The van der Waals surface area contributed by atoms with Crippen LogP contribution in [0.1, 0.15) is 10.4 Å². The fraction of sp³-hybridized carbons (Fsp3) is 0.143. The Morgan fingerprint density at radius 3 is 2.55 bits per heavy atom. The summed E-state index contributed by atoms with van der Waals surface area (Å²) in [5.74, 6) is 0.763. The van der Waals surface area contributed by atoms with Gasteiger partial charge in [-0.15, -0.1) is 0 Å². The van der Waals surface area contributed by atoms with Crippen molar-refractivity contribution >= 4 is 11.6 Å². The Labute approximate surface area is 115 Å². The molecule has 6 nitrogen and oxygen atoms in total. The summed E-state index contributed by atoms with van der Waals surface area (Å²) < 4.78 is 10.3. The molecule has 1 heterocycles. The van der Waals surface area contributed by atoms with Gasteiger partial charge in [-0.25, -0.2) is 0 Å². The van der Waals surface area contributed by atoms with E-state index in [0.29, 0.717) is 22.7 Å². The molecule has 1 aromatic carbocycles. The lowest BCUT2D eigenvalue weighted by molar-refractivity contribution is 0.102. The second-order valence-electron chi connectivity index (χ2n) is 3.96. The van der Waals surface area contributed by atoms with Crippen molar-refractivity contribution in [1.29, 1.82) is 0 Å². The minimum atomic E-state index is -0.354. The van der Waals surface area contributed by atoms with Crippen LogP contribution in [0, 0.1) is 0 Å². The highest BCUT2D eigenvalue weighted by molar-refractivity contribution is 6.04. The van der Waals surface area contributed by atoms with Crippen molar-refractivity contribution in [3.8, 4) is 11.5 Å². The number of pyridine rings is 1. The summed E-state index contributed by atoms with van der Waals surface area (Å²) in [5.41, 5.74) is 0.568. The first kappa shape index (κ1) is 13.7. The number of amides is 1. The quantitative estimate of drug-likeness (QED) is 0.888. The van der Waals surface area contributed by atoms with E-state index in [9.17, 15) is 9.59 Å². The monoisotopic (exact) mass is 274 g/mol. The van der Waals surface area contributed by atoms with Crippen LogP contribution in [-0.2, 0) is 0 Å². The molecule has 0 atom stereocenters. The maximum Gasteiger partial charge on any atom is 0.257 e. The van der Waals surface area contributed by atoms with Gasteiger partial charge in [0.2, 0.25) is 5.56 Å². The fourth-order valence-electron chi connectivity index (χ4n) is 1.66.